The fourth-order valence-electron chi connectivity index (χ4n) is 3.44. The number of halogens is 1. The number of hydrogen-bond donors (Lipinski definition) is 0. The van der Waals surface area contributed by atoms with Crippen LogP contribution >= 0.6 is 15.9 Å². The zero-order valence-corrected chi connectivity index (χ0v) is 19.1. The summed E-state index contributed by atoms with van der Waals surface area (Å²) >= 11 is 3.41. The lowest BCUT2D eigenvalue weighted by Crippen LogP contribution is -2.51. The highest BCUT2D eigenvalue weighted by atomic mass is 79.9. The second kappa shape index (κ2) is 9.38. The third-order valence-electron chi connectivity index (χ3n) is 5.23. The summed E-state index contributed by atoms with van der Waals surface area (Å²) < 4.78 is 28.6. The van der Waals surface area contributed by atoms with Crippen molar-refractivity contribution in [2.75, 3.05) is 44.7 Å². The maximum atomic E-state index is 13.1. The first kappa shape index (κ1) is 22.0. The van der Waals surface area contributed by atoms with Gasteiger partial charge in [-0.25, -0.2) is 8.42 Å². The number of aryl methyl sites for hydroxylation is 1. The van der Waals surface area contributed by atoms with Crippen molar-refractivity contribution in [1.82, 2.24) is 9.21 Å². The molecule has 156 valence electrons. The van der Waals surface area contributed by atoms with Gasteiger partial charge in [-0.3, -0.25) is 9.69 Å². The molecule has 8 heteroatoms. The number of nitrogens with zero attached hydrogens (tertiary/aromatic N) is 3. The topological polar surface area (TPSA) is 60.9 Å². The Morgan fingerprint density at radius 2 is 1.72 bits per heavy atom. The van der Waals surface area contributed by atoms with E-state index in [0.717, 1.165) is 15.7 Å². The van der Waals surface area contributed by atoms with Crippen LogP contribution < -0.4 is 4.90 Å². The largest absolute Gasteiger partial charge is 0.314 e. The Morgan fingerprint density at radius 1 is 1.07 bits per heavy atom. The van der Waals surface area contributed by atoms with Crippen LogP contribution in [0.1, 0.15) is 12.5 Å². The number of hydrogen-bond acceptors (Lipinski definition) is 4. The molecule has 0 saturated carbocycles. The van der Waals surface area contributed by atoms with Gasteiger partial charge in [0.2, 0.25) is 15.9 Å². The van der Waals surface area contributed by atoms with Crippen molar-refractivity contribution < 1.29 is 13.2 Å². The Hall–Kier alpha value is -1.74. The number of sulfonamides is 1. The Morgan fingerprint density at radius 3 is 2.34 bits per heavy atom. The number of likely N-dealkylation sites (N-methyl/N-ethyl adjacent to an activating group) is 1. The molecule has 0 spiro atoms. The molecular weight excluding hydrogens is 454 g/mol. The third-order valence-corrected chi connectivity index (χ3v) is 7.72. The molecule has 1 saturated heterocycles. The molecule has 0 radical (unpaired) electrons. The monoisotopic (exact) mass is 479 g/mol. The summed E-state index contributed by atoms with van der Waals surface area (Å²) in [5.74, 6) is -0.00585. The van der Waals surface area contributed by atoms with Crippen LogP contribution in [0.5, 0.6) is 0 Å². The fraction of sp³-hybridized carbons (Fsp3) is 0.381. The maximum Gasteiger partial charge on any atom is 0.243 e. The number of carbonyl (C=O) groups is 1. The van der Waals surface area contributed by atoms with Crippen LogP contribution in [0.2, 0.25) is 0 Å². The van der Waals surface area contributed by atoms with Crippen molar-refractivity contribution in [1.29, 1.82) is 0 Å². The smallest absolute Gasteiger partial charge is 0.243 e. The predicted molar refractivity (Wildman–Crippen MR) is 119 cm³/mol. The Balaban J connectivity index is 1.62. The molecule has 3 rings (SSSR count). The van der Waals surface area contributed by atoms with Crippen molar-refractivity contribution in [3.05, 3.63) is 58.6 Å². The number of carbonyl (C=O) groups excluding carboxylic acids is 1. The highest BCUT2D eigenvalue weighted by Crippen LogP contribution is 2.25. The predicted octanol–water partition coefficient (Wildman–Crippen LogP) is 2.98. The average molecular weight is 480 g/mol. The molecule has 0 unspecified atom stereocenters. The fourth-order valence-corrected chi connectivity index (χ4v) is 5.54. The van der Waals surface area contributed by atoms with Gasteiger partial charge in [-0.1, -0.05) is 41.1 Å². The first-order chi connectivity index (χ1) is 13.8. The van der Waals surface area contributed by atoms with E-state index in [-0.39, 0.29) is 12.5 Å². The molecule has 0 atom stereocenters. The van der Waals surface area contributed by atoms with Gasteiger partial charge < -0.3 is 4.90 Å². The molecule has 6 nitrogen and oxygen atoms in total. The third kappa shape index (κ3) is 5.06. The van der Waals surface area contributed by atoms with Gasteiger partial charge in [-0.05, 0) is 42.3 Å². The molecule has 0 bridgehead atoms. The van der Waals surface area contributed by atoms with Gasteiger partial charge in [0, 0.05) is 43.4 Å². The van der Waals surface area contributed by atoms with Crippen LogP contribution in [0.15, 0.2) is 57.9 Å². The maximum absolute atomic E-state index is 13.1. The molecule has 2 aromatic carbocycles. The van der Waals surface area contributed by atoms with E-state index in [0.29, 0.717) is 37.5 Å². The summed E-state index contributed by atoms with van der Waals surface area (Å²) in [5.41, 5.74) is 1.66. The number of amides is 1. The zero-order chi connectivity index (χ0) is 21.0. The van der Waals surface area contributed by atoms with Crippen LogP contribution in [0.3, 0.4) is 0 Å². The van der Waals surface area contributed by atoms with E-state index in [2.05, 4.69) is 15.9 Å². The van der Waals surface area contributed by atoms with Crippen molar-refractivity contribution in [2.45, 2.75) is 18.2 Å². The zero-order valence-electron chi connectivity index (χ0n) is 16.7. The summed E-state index contributed by atoms with van der Waals surface area (Å²) in [5, 5.41) is 0. The molecule has 2 aromatic rings. The highest BCUT2D eigenvalue weighted by molar-refractivity contribution is 9.10. The molecule has 0 aromatic heterocycles. The standard InChI is InChI=1S/C21H26BrN3O3S/c1-3-17-15-18(22)9-10-20(17)29(27,28)25-13-11-24(12-14-25)16-21(26)23(2)19-7-5-4-6-8-19/h4-10,15H,3,11-14,16H2,1-2H3. The molecule has 1 aliphatic rings. The number of benzene rings is 2. The van der Waals surface area contributed by atoms with Crippen molar-refractivity contribution >= 4 is 37.5 Å². The van der Waals surface area contributed by atoms with Crippen LogP contribution in [0.25, 0.3) is 0 Å². The van der Waals surface area contributed by atoms with Gasteiger partial charge >= 0.3 is 0 Å². The Labute approximate surface area is 181 Å². The molecule has 1 amide bonds. The summed E-state index contributed by atoms with van der Waals surface area (Å²) in [6.45, 7) is 4.05. The van der Waals surface area contributed by atoms with E-state index in [1.165, 1.54) is 4.31 Å². The van der Waals surface area contributed by atoms with Crippen molar-refractivity contribution in [3.63, 3.8) is 0 Å². The lowest BCUT2D eigenvalue weighted by Gasteiger charge is -2.34. The second-order valence-electron chi connectivity index (χ2n) is 7.07. The van der Waals surface area contributed by atoms with Crippen LogP contribution in [0.4, 0.5) is 5.69 Å². The lowest BCUT2D eigenvalue weighted by molar-refractivity contribution is -0.119. The van der Waals surface area contributed by atoms with Crippen molar-refractivity contribution in [3.8, 4) is 0 Å². The molecule has 1 fully saturated rings. The van der Waals surface area contributed by atoms with E-state index >= 15 is 0 Å². The SMILES string of the molecule is CCc1cc(Br)ccc1S(=O)(=O)N1CCN(CC(=O)N(C)c2ccccc2)CC1. The lowest BCUT2D eigenvalue weighted by atomic mass is 10.2. The summed E-state index contributed by atoms with van der Waals surface area (Å²) in [4.78, 5) is 16.6. The first-order valence-electron chi connectivity index (χ1n) is 9.65. The van der Waals surface area contributed by atoms with Crippen molar-refractivity contribution in [2.24, 2.45) is 0 Å². The molecule has 1 heterocycles. The average Bonchev–Trinajstić information content (AvgIpc) is 2.73. The first-order valence-corrected chi connectivity index (χ1v) is 11.9. The van der Waals surface area contributed by atoms with Gasteiger partial charge in [-0.15, -0.1) is 0 Å². The molecular formula is C21H26BrN3O3S. The molecule has 1 aliphatic heterocycles. The normalized spacial score (nSPS) is 16.0. The van der Waals surface area contributed by atoms with Crippen LogP contribution in [0, 0.1) is 0 Å². The van der Waals surface area contributed by atoms with Crippen LogP contribution in [-0.2, 0) is 21.2 Å². The molecule has 0 aliphatic carbocycles. The number of anilines is 1. The summed E-state index contributed by atoms with van der Waals surface area (Å²) in [6, 6.07) is 14.8. The van der Waals surface area contributed by atoms with Gasteiger partial charge in [-0.2, -0.15) is 4.31 Å². The Kier molecular flexibility index (Phi) is 7.10. The van der Waals surface area contributed by atoms with Gasteiger partial charge in [0.25, 0.3) is 0 Å². The Bertz CT molecular complexity index is 958. The minimum absolute atomic E-state index is 0.00585. The quantitative estimate of drug-likeness (QED) is 0.638. The second-order valence-corrected chi connectivity index (χ2v) is 9.90. The van der Waals surface area contributed by atoms with E-state index in [1.54, 1.807) is 24.1 Å². The minimum Gasteiger partial charge on any atom is -0.314 e. The molecule has 29 heavy (non-hydrogen) atoms. The minimum atomic E-state index is -3.54. The van der Waals surface area contributed by atoms with Crippen LogP contribution in [-0.4, -0.2) is 63.3 Å². The summed E-state index contributed by atoms with van der Waals surface area (Å²) in [7, 11) is -1.78. The van der Waals surface area contributed by atoms with Gasteiger partial charge in [0.1, 0.15) is 0 Å². The number of para-hydroxylation sites is 1. The summed E-state index contributed by atoms with van der Waals surface area (Å²) in [6.07, 6.45) is 0.647. The molecule has 0 N–H and O–H groups in total. The van der Waals surface area contributed by atoms with E-state index < -0.39 is 10.0 Å². The van der Waals surface area contributed by atoms with E-state index in [4.69, 9.17) is 0 Å². The van der Waals surface area contributed by atoms with Gasteiger partial charge in [0.05, 0.1) is 11.4 Å². The number of rotatable bonds is 6. The van der Waals surface area contributed by atoms with Gasteiger partial charge in [0.15, 0.2) is 0 Å². The van der Waals surface area contributed by atoms with E-state index in [9.17, 15) is 13.2 Å². The number of piperazine rings is 1. The van der Waals surface area contributed by atoms with E-state index in [1.807, 2.05) is 48.2 Å². The highest BCUT2D eigenvalue weighted by Gasteiger charge is 2.30.